The molecule has 3 nitrogen and oxygen atoms in total. The summed E-state index contributed by atoms with van der Waals surface area (Å²) in [5.74, 6) is -0.235. The van der Waals surface area contributed by atoms with E-state index in [1.54, 1.807) is 0 Å². The number of rotatable bonds is 6. The van der Waals surface area contributed by atoms with Crippen LogP contribution in [0.2, 0.25) is 0 Å². The molecule has 0 spiro atoms. The number of esters is 1. The third-order valence-corrected chi connectivity index (χ3v) is 3.21. The fourth-order valence-corrected chi connectivity index (χ4v) is 1.92. The van der Waals surface area contributed by atoms with Gasteiger partial charge in [0.05, 0.1) is 6.42 Å². The van der Waals surface area contributed by atoms with E-state index in [9.17, 15) is 4.79 Å². The standard InChI is InChI=1S/C13H18BrNO2/c1-2-5-11(15)8-13(16)17-9-10-6-3-4-7-12(10)14/h3-4,6-7,11H,2,5,8-9,15H2,1H3. The highest BCUT2D eigenvalue weighted by molar-refractivity contribution is 9.10. The lowest BCUT2D eigenvalue weighted by Gasteiger charge is -2.10. The largest absolute Gasteiger partial charge is 0.461 e. The zero-order valence-electron chi connectivity index (χ0n) is 9.99. The molecule has 1 rings (SSSR count). The van der Waals surface area contributed by atoms with E-state index in [0.717, 1.165) is 22.9 Å². The van der Waals surface area contributed by atoms with Crippen LogP contribution in [0.4, 0.5) is 0 Å². The summed E-state index contributed by atoms with van der Waals surface area (Å²) in [6.07, 6.45) is 2.13. The minimum absolute atomic E-state index is 0.0910. The van der Waals surface area contributed by atoms with Crippen molar-refractivity contribution in [2.24, 2.45) is 5.73 Å². The second kappa shape index (κ2) is 7.45. The summed E-state index contributed by atoms with van der Waals surface area (Å²) in [6.45, 7) is 2.34. The predicted octanol–water partition coefficient (Wildman–Crippen LogP) is 3.01. The van der Waals surface area contributed by atoms with E-state index in [1.807, 2.05) is 31.2 Å². The van der Waals surface area contributed by atoms with Crippen LogP contribution in [0.5, 0.6) is 0 Å². The molecule has 1 aromatic rings. The molecule has 17 heavy (non-hydrogen) atoms. The molecule has 0 aliphatic carbocycles. The van der Waals surface area contributed by atoms with Crippen LogP contribution in [-0.4, -0.2) is 12.0 Å². The molecular weight excluding hydrogens is 282 g/mol. The third-order valence-electron chi connectivity index (χ3n) is 2.43. The molecule has 1 unspecified atom stereocenters. The number of nitrogens with two attached hydrogens (primary N) is 1. The Hall–Kier alpha value is -0.870. The monoisotopic (exact) mass is 299 g/mol. The molecule has 0 amide bonds. The van der Waals surface area contributed by atoms with Gasteiger partial charge in [-0.25, -0.2) is 0 Å². The van der Waals surface area contributed by atoms with Crippen molar-refractivity contribution in [1.82, 2.24) is 0 Å². The SMILES string of the molecule is CCCC(N)CC(=O)OCc1ccccc1Br. The Morgan fingerprint density at radius 1 is 1.47 bits per heavy atom. The summed E-state index contributed by atoms with van der Waals surface area (Å²) >= 11 is 3.41. The quantitative estimate of drug-likeness (QED) is 0.822. The molecule has 0 aliphatic heterocycles. The molecule has 1 atom stereocenters. The Labute approximate surface area is 110 Å². The lowest BCUT2D eigenvalue weighted by molar-refractivity contribution is -0.145. The average molecular weight is 300 g/mol. The molecule has 0 radical (unpaired) electrons. The number of hydrogen-bond acceptors (Lipinski definition) is 3. The van der Waals surface area contributed by atoms with Gasteiger partial charge in [-0.1, -0.05) is 47.5 Å². The van der Waals surface area contributed by atoms with Crippen LogP contribution in [0.1, 0.15) is 31.7 Å². The average Bonchev–Trinajstić information content (AvgIpc) is 2.28. The van der Waals surface area contributed by atoms with Crippen molar-refractivity contribution in [3.8, 4) is 0 Å². The smallest absolute Gasteiger partial charge is 0.307 e. The van der Waals surface area contributed by atoms with Crippen LogP contribution in [0, 0.1) is 0 Å². The van der Waals surface area contributed by atoms with Crippen LogP contribution >= 0.6 is 15.9 Å². The fourth-order valence-electron chi connectivity index (χ4n) is 1.52. The minimum atomic E-state index is -0.235. The van der Waals surface area contributed by atoms with E-state index in [2.05, 4.69) is 15.9 Å². The van der Waals surface area contributed by atoms with Crippen molar-refractivity contribution < 1.29 is 9.53 Å². The summed E-state index contributed by atoms with van der Waals surface area (Å²) in [7, 11) is 0. The van der Waals surface area contributed by atoms with Crippen molar-refractivity contribution in [3.05, 3.63) is 34.3 Å². The number of carbonyl (C=O) groups is 1. The number of hydrogen-bond donors (Lipinski definition) is 1. The maximum atomic E-state index is 11.5. The first-order chi connectivity index (χ1) is 8.13. The summed E-state index contributed by atoms with van der Waals surface area (Å²) in [4.78, 5) is 11.5. The number of benzene rings is 1. The Balaban J connectivity index is 2.36. The van der Waals surface area contributed by atoms with Gasteiger partial charge in [0, 0.05) is 16.1 Å². The Morgan fingerprint density at radius 3 is 2.82 bits per heavy atom. The highest BCUT2D eigenvalue weighted by Gasteiger charge is 2.10. The van der Waals surface area contributed by atoms with Gasteiger partial charge in [-0.3, -0.25) is 4.79 Å². The first kappa shape index (κ1) is 14.2. The van der Waals surface area contributed by atoms with E-state index in [-0.39, 0.29) is 18.4 Å². The van der Waals surface area contributed by atoms with Gasteiger partial charge in [0.2, 0.25) is 0 Å². The van der Waals surface area contributed by atoms with Crippen LogP contribution in [-0.2, 0) is 16.1 Å². The van der Waals surface area contributed by atoms with Gasteiger partial charge in [0.1, 0.15) is 6.61 Å². The van der Waals surface area contributed by atoms with Crippen LogP contribution in [0.3, 0.4) is 0 Å². The van der Waals surface area contributed by atoms with Gasteiger partial charge in [0.15, 0.2) is 0 Å². The summed E-state index contributed by atoms with van der Waals surface area (Å²) < 4.78 is 6.13. The molecule has 0 saturated carbocycles. The fraction of sp³-hybridized carbons (Fsp3) is 0.462. The summed E-state index contributed by atoms with van der Waals surface area (Å²) in [6, 6.07) is 7.59. The Morgan fingerprint density at radius 2 is 2.18 bits per heavy atom. The maximum Gasteiger partial charge on any atom is 0.307 e. The lowest BCUT2D eigenvalue weighted by atomic mass is 10.1. The van der Waals surface area contributed by atoms with E-state index in [0.29, 0.717) is 6.61 Å². The summed E-state index contributed by atoms with van der Waals surface area (Å²) in [5.41, 5.74) is 6.74. The molecule has 0 heterocycles. The Kier molecular flexibility index (Phi) is 6.22. The second-order valence-corrected chi connectivity index (χ2v) is 4.86. The van der Waals surface area contributed by atoms with Crippen LogP contribution in [0.15, 0.2) is 28.7 Å². The molecule has 0 fully saturated rings. The predicted molar refractivity (Wildman–Crippen MR) is 71.4 cm³/mol. The third kappa shape index (κ3) is 5.33. The minimum Gasteiger partial charge on any atom is -0.461 e. The second-order valence-electron chi connectivity index (χ2n) is 4.00. The van der Waals surface area contributed by atoms with Gasteiger partial charge in [0.25, 0.3) is 0 Å². The lowest BCUT2D eigenvalue weighted by Crippen LogP contribution is -2.24. The highest BCUT2D eigenvalue weighted by atomic mass is 79.9. The molecule has 94 valence electrons. The maximum absolute atomic E-state index is 11.5. The molecule has 0 aromatic heterocycles. The molecule has 0 aliphatic rings. The van der Waals surface area contributed by atoms with Crippen molar-refractivity contribution in [2.75, 3.05) is 0 Å². The molecule has 2 N–H and O–H groups in total. The molecule has 4 heteroatoms. The van der Waals surface area contributed by atoms with E-state index in [4.69, 9.17) is 10.5 Å². The Bertz CT molecular complexity index is 368. The molecule has 0 bridgehead atoms. The van der Waals surface area contributed by atoms with E-state index in [1.165, 1.54) is 0 Å². The topological polar surface area (TPSA) is 52.3 Å². The van der Waals surface area contributed by atoms with Crippen molar-refractivity contribution >= 4 is 21.9 Å². The first-order valence-corrected chi connectivity index (χ1v) is 6.57. The molecular formula is C13H18BrNO2. The highest BCUT2D eigenvalue weighted by Crippen LogP contribution is 2.16. The van der Waals surface area contributed by atoms with Gasteiger partial charge in [-0.05, 0) is 12.5 Å². The van der Waals surface area contributed by atoms with Crippen molar-refractivity contribution in [2.45, 2.75) is 38.8 Å². The van der Waals surface area contributed by atoms with E-state index < -0.39 is 0 Å². The van der Waals surface area contributed by atoms with Gasteiger partial charge in [-0.2, -0.15) is 0 Å². The number of carbonyl (C=O) groups excluding carboxylic acids is 1. The van der Waals surface area contributed by atoms with Gasteiger partial charge in [-0.15, -0.1) is 0 Å². The van der Waals surface area contributed by atoms with Crippen LogP contribution < -0.4 is 5.73 Å². The van der Waals surface area contributed by atoms with Gasteiger partial charge < -0.3 is 10.5 Å². The number of halogens is 1. The van der Waals surface area contributed by atoms with Crippen molar-refractivity contribution in [3.63, 3.8) is 0 Å². The van der Waals surface area contributed by atoms with Gasteiger partial charge >= 0.3 is 5.97 Å². The zero-order valence-corrected chi connectivity index (χ0v) is 11.6. The zero-order chi connectivity index (χ0) is 12.7. The van der Waals surface area contributed by atoms with Crippen LogP contribution in [0.25, 0.3) is 0 Å². The molecule has 0 saturated heterocycles. The summed E-state index contributed by atoms with van der Waals surface area (Å²) in [5, 5.41) is 0. The van der Waals surface area contributed by atoms with Crippen molar-refractivity contribution in [1.29, 1.82) is 0 Å². The normalized spacial score (nSPS) is 12.2. The first-order valence-electron chi connectivity index (χ1n) is 5.78. The number of ether oxygens (including phenoxy) is 1. The molecule has 1 aromatic carbocycles. The van der Waals surface area contributed by atoms with E-state index >= 15 is 0 Å².